The first-order chi connectivity index (χ1) is 8.93. The molecule has 1 saturated heterocycles. The number of hydrogen-bond donors (Lipinski definition) is 2. The Bertz CT molecular complexity index is 437. The predicted molar refractivity (Wildman–Crippen MR) is 72.9 cm³/mol. The Labute approximate surface area is 114 Å². The van der Waals surface area contributed by atoms with E-state index < -0.39 is 10.0 Å². The van der Waals surface area contributed by atoms with Crippen LogP contribution in [0.2, 0.25) is 0 Å². The average molecular weight is 289 g/mol. The second-order valence-electron chi connectivity index (χ2n) is 5.53. The standard InChI is InChI=1S/C12H23N3O3S/c1-2-19(17,18)15-7-3-10(4-8-15)14-11(16)12(9-13)5-6-12/h10H,2-9,13H2,1H3,(H,14,16). The summed E-state index contributed by atoms with van der Waals surface area (Å²) in [5, 5.41) is 3.02. The largest absolute Gasteiger partial charge is 0.353 e. The fraction of sp³-hybridized carbons (Fsp3) is 0.917. The van der Waals surface area contributed by atoms with Gasteiger partial charge in [0, 0.05) is 25.7 Å². The molecule has 3 N–H and O–H groups in total. The number of nitrogens with two attached hydrogens (primary N) is 1. The highest BCUT2D eigenvalue weighted by Crippen LogP contribution is 2.44. The van der Waals surface area contributed by atoms with Gasteiger partial charge in [-0.05, 0) is 32.6 Å². The topological polar surface area (TPSA) is 92.5 Å². The zero-order valence-electron chi connectivity index (χ0n) is 11.4. The van der Waals surface area contributed by atoms with E-state index in [2.05, 4.69) is 5.32 Å². The van der Waals surface area contributed by atoms with Crippen LogP contribution >= 0.6 is 0 Å². The van der Waals surface area contributed by atoms with Gasteiger partial charge >= 0.3 is 0 Å². The molecule has 2 rings (SSSR count). The van der Waals surface area contributed by atoms with Crippen LogP contribution in [0.25, 0.3) is 0 Å². The molecule has 1 heterocycles. The van der Waals surface area contributed by atoms with Crippen molar-refractivity contribution < 1.29 is 13.2 Å². The molecule has 1 amide bonds. The van der Waals surface area contributed by atoms with E-state index in [0.29, 0.717) is 32.5 Å². The van der Waals surface area contributed by atoms with E-state index in [9.17, 15) is 13.2 Å². The molecule has 0 atom stereocenters. The van der Waals surface area contributed by atoms with E-state index in [1.807, 2.05) is 0 Å². The molecule has 1 saturated carbocycles. The Balaban J connectivity index is 1.83. The van der Waals surface area contributed by atoms with E-state index in [-0.39, 0.29) is 23.1 Å². The van der Waals surface area contributed by atoms with Crippen molar-refractivity contribution >= 4 is 15.9 Å². The molecular weight excluding hydrogens is 266 g/mol. The van der Waals surface area contributed by atoms with Gasteiger partial charge in [0.2, 0.25) is 15.9 Å². The van der Waals surface area contributed by atoms with Crippen LogP contribution in [-0.2, 0) is 14.8 Å². The maximum atomic E-state index is 12.0. The molecule has 2 aliphatic rings. The summed E-state index contributed by atoms with van der Waals surface area (Å²) < 4.78 is 25.0. The molecular formula is C12H23N3O3S. The number of nitrogens with zero attached hydrogens (tertiary/aromatic N) is 1. The second kappa shape index (κ2) is 5.38. The molecule has 2 fully saturated rings. The molecule has 0 aromatic carbocycles. The Kier molecular flexibility index (Phi) is 4.17. The summed E-state index contributed by atoms with van der Waals surface area (Å²) in [4.78, 5) is 12.0. The lowest BCUT2D eigenvalue weighted by Gasteiger charge is -2.32. The van der Waals surface area contributed by atoms with Gasteiger partial charge in [-0.15, -0.1) is 0 Å². The zero-order valence-corrected chi connectivity index (χ0v) is 12.2. The maximum absolute atomic E-state index is 12.0. The van der Waals surface area contributed by atoms with Crippen LogP contribution in [0.1, 0.15) is 32.6 Å². The van der Waals surface area contributed by atoms with Gasteiger partial charge in [0.15, 0.2) is 0 Å². The summed E-state index contributed by atoms with van der Waals surface area (Å²) in [6.45, 7) is 3.05. The number of carbonyl (C=O) groups excluding carboxylic acids is 1. The highest BCUT2D eigenvalue weighted by atomic mass is 32.2. The van der Waals surface area contributed by atoms with Crippen LogP contribution in [0.3, 0.4) is 0 Å². The molecule has 110 valence electrons. The maximum Gasteiger partial charge on any atom is 0.227 e. The van der Waals surface area contributed by atoms with E-state index >= 15 is 0 Å². The first-order valence-corrected chi connectivity index (χ1v) is 8.53. The molecule has 0 radical (unpaired) electrons. The van der Waals surface area contributed by atoms with Crippen molar-refractivity contribution in [1.29, 1.82) is 0 Å². The van der Waals surface area contributed by atoms with Crippen LogP contribution in [0.5, 0.6) is 0 Å². The van der Waals surface area contributed by atoms with Crippen LogP contribution in [0, 0.1) is 5.41 Å². The first-order valence-electron chi connectivity index (χ1n) is 6.92. The molecule has 19 heavy (non-hydrogen) atoms. The highest BCUT2D eigenvalue weighted by molar-refractivity contribution is 7.89. The molecule has 0 unspecified atom stereocenters. The van der Waals surface area contributed by atoms with Crippen LogP contribution in [0.4, 0.5) is 0 Å². The second-order valence-corrected chi connectivity index (χ2v) is 7.79. The number of piperidine rings is 1. The van der Waals surface area contributed by atoms with Crippen LogP contribution in [0.15, 0.2) is 0 Å². The van der Waals surface area contributed by atoms with Crippen molar-refractivity contribution in [2.24, 2.45) is 11.1 Å². The normalized spacial score (nSPS) is 24.1. The predicted octanol–water partition coefficient (Wildman–Crippen LogP) is -0.344. The molecule has 0 bridgehead atoms. The van der Waals surface area contributed by atoms with Crippen LogP contribution < -0.4 is 11.1 Å². The summed E-state index contributed by atoms with van der Waals surface area (Å²) in [5.41, 5.74) is 5.30. The number of amides is 1. The van der Waals surface area contributed by atoms with Gasteiger partial charge in [0.05, 0.1) is 11.2 Å². The smallest absolute Gasteiger partial charge is 0.227 e. The third-order valence-electron chi connectivity index (χ3n) is 4.27. The van der Waals surface area contributed by atoms with Crippen molar-refractivity contribution in [2.75, 3.05) is 25.4 Å². The Morgan fingerprint density at radius 3 is 2.37 bits per heavy atom. The van der Waals surface area contributed by atoms with Crippen molar-refractivity contribution in [3.63, 3.8) is 0 Å². The average Bonchev–Trinajstić information content (AvgIpc) is 3.20. The lowest BCUT2D eigenvalue weighted by Crippen LogP contribution is -2.49. The summed E-state index contributed by atoms with van der Waals surface area (Å²) in [6, 6.07) is 0.0832. The van der Waals surface area contributed by atoms with Crippen molar-refractivity contribution in [2.45, 2.75) is 38.6 Å². The van der Waals surface area contributed by atoms with Gasteiger partial charge in [-0.25, -0.2) is 12.7 Å². The quantitative estimate of drug-likeness (QED) is 0.724. The van der Waals surface area contributed by atoms with Crippen molar-refractivity contribution in [3.05, 3.63) is 0 Å². The summed E-state index contributed by atoms with van der Waals surface area (Å²) >= 11 is 0. The minimum absolute atomic E-state index is 0.0480. The fourth-order valence-electron chi connectivity index (χ4n) is 2.47. The van der Waals surface area contributed by atoms with E-state index in [1.54, 1.807) is 6.92 Å². The molecule has 1 aliphatic carbocycles. The molecule has 0 aromatic heterocycles. The number of rotatable bonds is 5. The summed E-state index contributed by atoms with van der Waals surface area (Å²) in [7, 11) is -3.09. The van der Waals surface area contributed by atoms with Crippen molar-refractivity contribution in [3.8, 4) is 0 Å². The van der Waals surface area contributed by atoms with Gasteiger partial charge in [-0.2, -0.15) is 0 Å². The molecule has 1 aliphatic heterocycles. The lowest BCUT2D eigenvalue weighted by atomic mass is 10.0. The Morgan fingerprint density at radius 1 is 1.37 bits per heavy atom. The minimum Gasteiger partial charge on any atom is -0.353 e. The van der Waals surface area contributed by atoms with Gasteiger partial charge in [-0.3, -0.25) is 4.79 Å². The summed E-state index contributed by atoms with van der Waals surface area (Å²) in [6.07, 6.45) is 3.12. The number of nitrogens with one attached hydrogen (secondary N) is 1. The van der Waals surface area contributed by atoms with E-state index in [1.165, 1.54) is 4.31 Å². The fourth-order valence-corrected chi connectivity index (χ4v) is 3.61. The molecule has 0 spiro atoms. The summed E-state index contributed by atoms with van der Waals surface area (Å²) in [5.74, 6) is 0.187. The number of carbonyl (C=O) groups is 1. The van der Waals surface area contributed by atoms with Crippen LogP contribution in [-0.4, -0.2) is 50.1 Å². The molecule has 6 nitrogen and oxygen atoms in total. The van der Waals surface area contributed by atoms with Gasteiger partial charge in [-0.1, -0.05) is 0 Å². The van der Waals surface area contributed by atoms with E-state index in [4.69, 9.17) is 5.73 Å². The third-order valence-corrected chi connectivity index (χ3v) is 6.15. The molecule has 0 aromatic rings. The monoisotopic (exact) mass is 289 g/mol. The zero-order chi connectivity index (χ0) is 14.1. The van der Waals surface area contributed by atoms with Crippen molar-refractivity contribution in [1.82, 2.24) is 9.62 Å². The van der Waals surface area contributed by atoms with Gasteiger partial charge in [0.1, 0.15) is 0 Å². The first kappa shape index (κ1) is 14.7. The number of hydrogen-bond acceptors (Lipinski definition) is 4. The molecule has 7 heteroatoms. The number of sulfonamides is 1. The highest BCUT2D eigenvalue weighted by Gasteiger charge is 2.49. The van der Waals surface area contributed by atoms with Gasteiger partial charge in [0.25, 0.3) is 0 Å². The van der Waals surface area contributed by atoms with E-state index in [0.717, 1.165) is 12.8 Å². The SMILES string of the molecule is CCS(=O)(=O)N1CCC(NC(=O)C2(CN)CC2)CC1. The lowest BCUT2D eigenvalue weighted by molar-refractivity contribution is -0.126. The third kappa shape index (κ3) is 3.09. The Hall–Kier alpha value is -0.660. The minimum atomic E-state index is -3.09. The Morgan fingerprint density at radius 2 is 1.95 bits per heavy atom. The van der Waals surface area contributed by atoms with Gasteiger partial charge < -0.3 is 11.1 Å².